The zero-order chi connectivity index (χ0) is 15.0. The van der Waals surface area contributed by atoms with Crippen molar-refractivity contribution in [2.24, 2.45) is 0 Å². The van der Waals surface area contributed by atoms with Gasteiger partial charge in [-0.05, 0) is 32.0 Å². The average Bonchev–Trinajstić information content (AvgIpc) is 2.37. The molecule has 0 aliphatic carbocycles. The molecule has 0 unspecified atom stereocenters. The molecule has 0 aromatic heterocycles. The lowest BCUT2D eigenvalue weighted by Gasteiger charge is -2.08. The first-order valence-corrected chi connectivity index (χ1v) is 8.22. The Bertz CT molecular complexity index is 521. The summed E-state index contributed by atoms with van der Waals surface area (Å²) in [7, 11) is -3.44. The maximum Gasteiger partial charge on any atom is 0.211 e. The lowest BCUT2D eigenvalue weighted by Crippen LogP contribution is -2.28. The van der Waals surface area contributed by atoms with E-state index in [-0.39, 0.29) is 17.9 Å². The van der Waals surface area contributed by atoms with E-state index >= 15 is 0 Å². The van der Waals surface area contributed by atoms with Gasteiger partial charge in [-0.1, -0.05) is 13.0 Å². The highest BCUT2D eigenvalue weighted by atomic mass is 32.2. The van der Waals surface area contributed by atoms with Crippen LogP contribution in [0.25, 0.3) is 0 Å². The van der Waals surface area contributed by atoms with Crippen molar-refractivity contribution >= 4 is 10.0 Å². The highest BCUT2D eigenvalue weighted by Crippen LogP contribution is 2.09. The second kappa shape index (κ2) is 8.28. The number of benzene rings is 1. The molecular weight excluding hydrogens is 286 g/mol. The van der Waals surface area contributed by atoms with E-state index in [1.807, 2.05) is 6.92 Å². The van der Waals surface area contributed by atoms with E-state index in [1.165, 1.54) is 6.07 Å². The largest absolute Gasteiger partial charge is 0.317 e. The average molecular weight is 306 g/mol. The molecule has 7 heteroatoms. The van der Waals surface area contributed by atoms with Crippen molar-refractivity contribution in [2.45, 2.75) is 26.3 Å². The van der Waals surface area contributed by atoms with Gasteiger partial charge in [0.05, 0.1) is 5.75 Å². The summed E-state index contributed by atoms with van der Waals surface area (Å²) in [6.45, 7) is 3.34. The minimum Gasteiger partial charge on any atom is -0.317 e. The third kappa shape index (κ3) is 6.40. The number of nitrogens with one attached hydrogen (secondary N) is 2. The summed E-state index contributed by atoms with van der Waals surface area (Å²) in [6, 6.07) is 3.07. The molecule has 4 nitrogen and oxygen atoms in total. The molecule has 0 saturated carbocycles. The second-order valence-corrected chi connectivity index (χ2v) is 6.41. The zero-order valence-corrected chi connectivity index (χ0v) is 12.3. The van der Waals surface area contributed by atoms with Crippen molar-refractivity contribution in [3.63, 3.8) is 0 Å². The summed E-state index contributed by atoms with van der Waals surface area (Å²) in [5.41, 5.74) is 0.124. The van der Waals surface area contributed by atoms with Crippen molar-refractivity contribution in [3.05, 3.63) is 35.4 Å². The third-order valence-corrected chi connectivity index (χ3v) is 4.10. The second-order valence-electron chi connectivity index (χ2n) is 4.48. The van der Waals surface area contributed by atoms with Gasteiger partial charge in [0.2, 0.25) is 10.0 Å². The smallest absolute Gasteiger partial charge is 0.211 e. The van der Waals surface area contributed by atoms with E-state index in [0.717, 1.165) is 25.1 Å². The van der Waals surface area contributed by atoms with Crippen molar-refractivity contribution in [3.8, 4) is 0 Å². The number of halogens is 2. The molecule has 1 aromatic rings. The summed E-state index contributed by atoms with van der Waals surface area (Å²) < 4.78 is 51.7. The number of sulfonamides is 1. The molecule has 0 fully saturated rings. The van der Waals surface area contributed by atoms with Crippen molar-refractivity contribution < 1.29 is 17.2 Å². The number of rotatable bonds is 9. The molecule has 1 aromatic carbocycles. The molecule has 0 radical (unpaired) electrons. The Morgan fingerprint density at radius 3 is 2.60 bits per heavy atom. The van der Waals surface area contributed by atoms with Crippen LogP contribution in [0.15, 0.2) is 18.2 Å². The summed E-state index contributed by atoms with van der Waals surface area (Å²) >= 11 is 0. The van der Waals surface area contributed by atoms with Gasteiger partial charge in [0.25, 0.3) is 0 Å². The van der Waals surface area contributed by atoms with E-state index < -0.39 is 21.7 Å². The first-order chi connectivity index (χ1) is 9.44. The normalized spacial score (nSPS) is 11.8. The Labute approximate surface area is 118 Å². The highest BCUT2D eigenvalue weighted by molar-refractivity contribution is 7.89. The van der Waals surface area contributed by atoms with Crippen LogP contribution >= 0.6 is 0 Å². The summed E-state index contributed by atoms with van der Waals surface area (Å²) in [5, 5.41) is 3.10. The number of hydrogen-bond donors (Lipinski definition) is 2. The SMILES string of the molecule is CCCNCCCS(=O)(=O)NCc1ccc(F)cc1F. The Morgan fingerprint density at radius 1 is 1.20 bits per heavy atom. The van der Waals surface area contributed by atoms with Gasteiger partial charge in [0.1, 0.15) is 11.6 Å². The van der Waals surface area contributed by atoms with Crippen LogP contribution in [0.5, 0.6) is 0 Å². The monoisotopic (exact) mass is 306 g/mol. The molecule has 0 heterocycles. The van der Waals surface area contributed by atoms with E-state index in [2.05, 4.69) is 10.0 Å². The standard InChI is InChI=1S/C13H20F2N2O2S/c1-2-6-16-7-3-8-20(18,19)17-10-11-4-5-12(14)9-13(11)15/h4-5,9,16-17H,2-3,6-8,10H2,1H3. The highest BCUT2D eigenvalue weighted by Gasteiger charge is 2.11. The van der Waals surface area contributed by atoms with Crippen LogP contribution in [0.3, 0.4) is 0 Å². The van der Waals surface area contributed by atoms with Gasteiger partial charge >= 0.3 is 0 Å². The molecule has 20 heavy (non-hydrogen) atoms. The lowest BCUT2D eigenvalue weighted by atomic mass is 10.2. The van der Waals surface area contributed by atoms with E-state index in [1.54, 1.807) is 0 Å². The summed E-state index contributed by atoms with van der Waals surface area (Å²) in [4.78, 5) is 0. The van der Waals surface area contributed by atoms with Gasteiger partial charge in [0.15, 0.2) is 0 Å². The van der Waals surface area contributed by atoms with Crippen molar-refractivity contribution in [1.29, 1.82) is 0 Å². The predicted octanol–water partition coefficient (Wildman–Crippen LogP) is 1.77. The van der Waals surface area contributed by atoms with Gasteiger partial charge in [-0.25, -0.2) is 21.9 Å². The van der Waals surface area contributed by atoms with Gasteiger partial charge in [-0.2, -0.15) is 0 Å². The van der Waals surface area contributed by atoms with Crippen LogP contribution in [0.4, 0.5) is 8.78 Å². The molecule has 2 N–H and O–H groups in total. The van der Waals surface area contributed by atoms with E-state index in [9.17, 15) is 17.2 Å². The Hall–Kier alpha value is -1.05. The predicted molar refractivity (Wildman–Crippen MR) is 74.8 cm³/mol. The van der Waals surface area contributed by atoms with Crippen LogP contribution in [-0.2, 0) is 16.6 Å². The summed E-state index contributed by atoms with van der Waals surface area (Å²) in [6.07, 6.45) is 1.48. The van der Waals surface area contributed by atoms with Crippen LogP contribution < -0.4 is 10.0 Å². The minimum atomic E-state index is -3.44. The van der Waals surface area contributed by atoms with Crippen LogP contribution in [0.2, 0.25) is 0 Å². The molecule has 0 saturated heterocycles. The Morgan fingerprint density at radius 2 is 1.95 bits per heavy atom. The van der Waals surface area contributed by atoms with Gasteiger partial charge in [0, 0.05) is 18.2 Å². The minimum absolute atomic E-state index is 0.0213. The Kier molecular flexibility index (Phi) is 7.04. The van der Waals surface area contributed by atoms with Gasteiger partial charge in [-0.15, -0.1) is 0 Å². The molecule has 0 amide bonds. The maximum atomic E-state index is 13.3. The maximum absolute atomic E-state index is 13.3. The molecule has 0 spiro atoms. The first-order valence-electron chi connectivity index (χ1n) is 6.56. The lowest BCUT2D eigenvalue weighted by molar-refractivity contribution is 0.560. The third-order valence-electron chi connectivity index (χ3n) is 2.69. The quantitative estimate of drug-likeness (QED) is 0.684. The van der Waals surface area contributed by atoms with E-state index in [0.29, 0.717) is 13.0 Å². The molecule has 0 aliphatic rings. The van der Waals surface area contributed by atoms with Crippen molar-refractivity contribution in [2.75, 3.05) is 18.8 Å². The number of hydrogen-bond acceptors (Lipinski definition) is 3. The summed E-state index contributed by atoms with van der Waals surface area (Å²) in [5.74, 6) is -1.46. The van der Waals surface area contributed by atoms with Crippen LogP contribution in [-0.4, -0.2) is 27.3 Å². The fraction of sp³-hybridized carbons (Fsp3) is 0.538. The Balaban J connectivity index is 2.39. The first kappa shape index (κ1) is 17.0. The van der Waals surface area contributed by atoms with Crippen LogP contribution in [0.1, 0.15) is 25.3 Å². The fourth-order valence-electron chi connectivity index (χ4n) is 1.61. The molecule has 114 valence electrons. The molecule has 0 aliphatic heterocycles. The van der Waals surface area contributed by atoms with E-state index in [4.69, 9.17) is 0 Å². The van der Waals surface area contributed by atoms with Crippen LogP contribution in [0, 0.1) is 11.6 Å². The molecule has 0 atom stereocenters. The fourth-order valence-corrected chi connectivity index (χ4v) is 2.66. The topological polar surface area (TPSA) is 58.2 Å². The molecular formula is C13H20F2N2O2S. The zero-order valence-electron chi connectivity index (χ0n) is 11.5. The molecule has 1 rings (SSSR count). The molecule has 0 bridgehead atoms. The van der Waals surface area contributed by atoms with Crippen molar-refractivity contribution in [1.82, 2.24) is 10.0 Å². The van der Waals surface area contributed by atoms with Gasteiger partial charge < -0.3 is 5.32 Å². The van der Waals surface area contributed by atoms with Gasteiger partial charge in [-0.3, -0.25) is 0 Å².